The SMILES string of the molecule is CC(C)[C@@H](N=C1CCCCC1)C(=O)O. The standard InChI is InChI=1S/C11H19NO2/c1-8(2)10(11(13)14)12-9-6-4-3-5-7-9/h8,10H,3-7H2,1-2H3,(H,13,14)/t10-/m1/s1. The highest BCUT2D eigenvalue weighted by atomic mass is 16.4. The Hall–Kier alpha value is -0.860. The summed E-state index contributed by atoms with van der Waals surface area (Å²) >= 11 is 0. The summed E-state index contributed by atoms with van der Waals surface area (Å²) in [5.41, 5.74) is 1.11. The quantitative estimate of drug-likeness (QED) is 0.755. The van der Waals surface area contributed by atoms with E-state index in [1.807, 2.05) is 13.8 Å². The van der Waals surface area contributed by atoms with E-state index in [2.05, 4.69) is 4.99 Å². The Bertz CT molecular complexity index is 225. The average molecular weight is 197 g/mol. The van der Waals surface area contributed by atoms with Crippen molar-refractivity contribution in [2.45, 2.75) is 52.0 Å². The van der Waals surface area contributed by atoms with Crippen LogP contribution in [0.2, 0.25) is 0 Å². The minimum Gasteiger partial charge on any atom is -0.480 e. The zero-order valence-electron chi connectivity index (χ0n) is 8.99. The van der Waals surface area contributed by atoms with Crippen molar-refractivity contribution in [3.05, 3.63) is 0 Å². The third kappa shape index (κ3) is 3.13. The molecule has 1 atom stereocenters. The van der Waals surface area contributed by atoms with Crippen LogP contribution in [0.5, 0.6) is 0 Å². The van der Waals surface area contributed by atoms with Crippen LogP contribution < -0.4 is 0 Å². The molecule has 0 saturated heterocycles. The van der Waals surface area contributed by atoms with Crippen molar-refractivity contribution >= 4 is 11.7 Å². The first-order chi connectivity index (χ1) is 6.61. The summed E-state index contributed by atoms with van der Waals surface area (Å²) in [6.45, 7) is 3.82. The molecule has 0 heterocycles. The predicted octanol–water partition coefficient (Wildman–Crippen LogP) is 2.50. The molecule has 1 aliphatic rings. The lowest BCUT2D eigenvalue weighted by Gasteiger charge is -2.17. The second kappa shape index (κ2) is 5.13. The summed E-state index contributed by atoms with van der Waals surface area (Å²) in [5.74, 6) is -0.708. The van der Waals surface area contributed by atoms with Crippen LogP contribution in [0.1, 0.15) is 46.0 Å². The van der Waals surface area contributed by atoms with Gasteiger partial charge in [0.15, 0.2) is 0 Å². The maximum absolute atomic E-state index is 10.9. The number of rotatable bonds is 3. The molecule has 1 rings (SSSR count). The Labute approximate surface area is 85.2 Å². The maximum Gasteiger partial charge on any atom is 0.328 e. The monoisotopic (exact) mass is 197 g/mol. The van der Waals surface area contributed by atoms with Crippen LogP contribution in [0.25, 0.3) is 0 Å². The fourth-order valence-corrected chi connectivity index (χ4v) is 1.78. The predicted molar refractivity (Wildman–Crippen MR) is 56.8 cm³/mol. The van der Waals surface area contributed by atoms with E-state index in [9.17, 15) is 4.79 Å². The molecule has 3 nitrogen and oxygen atoms in total. The van der Waals surface area contributed by atoms with Gasteiger partial charge in [-0.2, -0.15) is 0 Å². The van der Waals surface area contributed by atoms with E-state index < -0.39 is 12.0 Å². The Balaban J connectivity index is 2.64. The summed E-state index contributed by atoms with van der Waals surface area (Å²) in [5, 5.41) is 8.97. The summed E-state index contributed by atoms with van der Waals surface area (Å²) in [4.78, 5) is 15.3. The topological polar surface area (TPSA) is 49.7 Å². The van der Waals surface area contributed by atoms with Gasteiger partial charge < -0.3 is 5.11 Å². The lowest BCUT2D eigenvalue weighted by molar-refractivity contribution is -0.139. The van der Waals surface area contributed by atoms with E-state index in [0.717, 1.165) is 18.6 Å². The van der Waals surface area contributed by atoms with Gasteiger partial charge in [0.1, 0.15) is 6.04 Å². The third-order valence-electron chi connectivity index (χ3n) is 2.64. The summed E-state index contributed by atoms with van der Waals surface area (Å²) in [6.07, 6.45) is 5.60. The molecule has 1 aliphatic carbocycles. The molecule has 1 saturated carbocycles. The molecule has 1 N–H and O–H groups in total. The zero-order valence-corrected chi connectivity index (χ0v) is 8.99. The highest BCUT2D eigenvalue weighted by Gasteiger charge is 2.21. The molecular weight excluding hydrogens is 178 g/mol. The van der Waals surface area contributed by atoms with Crippen molar-refractivity contribution in [2.24, 2.45) is 10.9 Å². The van der Waals surface area contributed by atoms with Gasteiger partial charge in [-0.25, -0.2) is 4.79 Å². The van der Waals surface area contributed by atoms with Crippen molar-refractivity contribution in [2.75, 3.05) is 0 Å². The van der Waals surface area contributed by atoms with E-state index in [1.165, 1.54) is 19.3 Å². The highest BCUT2D eigenvalue weighted by molar-refractivity contribution is 5.88. The summed E-state index contributed by atoms with van der Waals surface area (Å²) in [7, 11) is 0. The van der Waals surface area contributed by atoms with Crippen LogP contribution >= 0.6 is 0 Å². The van der Waals surface area contributed by atoms with Crippen molar-refractivity contribution in [3.63, 3.8) is 0 Å². The number of hydrogen-bond donors (Lipinski definition) is 1. The molecule has 1 fully saturated rings. The fourth-order valence-electron chi connectivity index (χ4n) is 1.78. The number of carboxylic acids is 1. The largest absolute Gasteiger partial charge is 0.480 e. The minimum absolute atomic E-state index is 0.0851. The van der Waals surface area contributed by atoms with Crippen LogP contribution in [0.15, 0.2) is 4.99 Å². The summed E-state index contributed by atoms with van der Waals surface area (Å²) < 4.78 is 0. The Morgan fingerprint density at radius 2 is 1.86 bits per heavy atom. The molecule has 0 aromatic rings. The number of nitrogens with zero attached hydrogens (tertiary/aromatic N) is 1. The van der Waals surface area contributed by atoms with Crippen molar-refractivity contribution in [3.8, 4) is 0 Å². The third-order valence-corrected chi connectivity index (χ3v) is 2.64. The first-order valence-corrected chi connectivity index (χ1v) is 5.39. The molecule has 0 aromatic heterocycles. The molecule has 0 aliphatic heterocycles. The van der Waals surface area contributed by atoms with Crippen LogP contribution in [0.4, 0.5) is 0 Å². The maximum atomic E-state index is 10.9. The minimum atomic E-state index is -0.793. The molecule has 0 amide bonds. The molecule has 3 heteroatoms. The smallest absolute Gasteiger partial charge is 0.328 e. The number of aliphatic imine (C=N–C) groups is 1. The van der Waals surface area contributed by atoms with E-state index >= 15 is 0 Å². The van der Waals surface area contributed by atoms with Gasteiger partial charge in [0, 0.05) is 5.71 Å². The highest BCUT2D eigenvalue weighted by Crippen LogP contribution is 2.17. The van der Waals surface area contributed by atoms with Crippen LogP contribution in [0.3, 0.4) is 0 Å². The van der Waals surface area contributed by atoms with E-state index in [4.69, 9.17) is 5.11 Å². The number of hydrogen-bond acceptors (Lipinski definition) is 2. The Kier molecular flexibility index (Phi) is 4.11. The molecule has 0 radical (unpaired) electrons. The second-order valence-corrected chi connectivity index (χ2v) is 4.28. The van der Waals surface area contributed by atoms with Crippen LogP contribution in [0, 0.1) is 5.92 Å². The van der Waals surface area contributed by atoms with Gasteiger partial charge in [-0.3, -0.25) is 4.99 Å². The zero-order chi connectivity index (χ0) is 10.6. The van der Waals surface area contributed by atoms with Crippen molar-refractivity contribution in [1.82, 2.24) is 0 Å². The molecule has 0 unspecified atom stereocenters. The van der Waals surface area contributed by atoms with Gasteiger partial charge in [-0.05, 0) is 31.6 Å². The molecular formula is C11H19NO2. The first-order valence-electron chi connectivity index (χ1n) is 5.39. The van der Waals surface area contributed by atoms with Crippen molar-refractivity contribution < 1.29 is 9.90 Å². The van der Waals surface area contributed by atoms with Crippen molar-refractivity contribution in [1.29, 1.82) is 0 Å². The Morgan fingerprint density at radius 3 is 2.29 bits per heavy atom. The molecule has 80 valence electrons. The average Bonchev–Trinajstić information content (AvgIpc) is 2.15. The molecule has 0 bridgehead atoms. The van der Waals surface area contributed by atoms with E-state index in [1.54, 1.807) is 0 Å². The normalized spacial score (nSPS) is 19.5. The second-order valence-electron chi connectivity index (χ2n) is 4.28. The van der Waals surface area contributed by atoms with Gasteiger partial charge in [0.25, 0.3) is 0 Å². The lowest BCUT2D eigenvalue weighted by Crippen LogP contribution is -2.26. The number of carbonyl (C=O) groups is 1. The van der Waals surface area contributed by atoms with Gasteiger partial charge in [0.2, 0.25) is 0 Å². The van der Waals surface area contributed by atoms with Gasteiger partial charge in [-0.15, -0.1) is 0 Å². The number of aliphatic carboxylic acids is 1. The molecule has 14 heavy (non-hydrogen) atoms. The lowest BCUT2D eigenvalue weighted by atomic mass is 9.97. The summed E-state index contributed by atoms with van der Waals surface area (Å²) in [6, 6.07) is -0.539. The van der Waals surface area contributed by atoms with Gasteiger partial charge >= 0.3 is 5.97 Å². The molecule has 0 spiro atoms. The van der Waals surface area contributed by atoms with Crippen LogP contribution in [-0.4, -0.2) is 22.8 Å². The fraction of sp³-hybridized carbons (Fsp3) is 0.818. The number of carboxylic acid groups (broad SMARTS) is 1. The molecule has 0 aromatic carbocycles. The first kappa shape index (κ1) is 11.2. The van der Waals surface area contributed by atoms with E-state index in [0.29, 0.717) is 0 Å². The Morgan fingerprint density at radius 1 is 1.29 bits per heavy atom. The van der Waals surface area contributed by atoms with Crippen LogP contribution in [-0.2, 0) is 4.79 Å². The van der Waals surface area contributed by atoms with Gasteiger partial charge in [0.05, 0.1) is 0 Å². The van der Waals surface area contributed by atoms with E-state index in [-0.39, 0.29) is 5.92 Å². The van der Waals surface area contributed by atoms with Gasteiger partial charge in [-0.1, -0.05) is 20.3 Å².